The number of aromatic nitrogens is 2. The molecular weight excluding hydrogens is 507 g/mol. The second-order valence-corrected chi connectivity index (χ2v) is 12.1. The van der Waals surface area contributed by atoms with E-state index in [0.29, 0.717) is 27.3 Å². The van der Waals surface area contributed by atoms with Gasteiger partial charge in [0.1, 0.15) is 23.1 Å². The molecule has 196 valence electrons. The molecule has 3 aliphatic rings. The van der Waals surface area contributed by atoms with Crippen LogP contribution in [0.3, 0.4) is 0 Å². The van der Waals surface area contributed by atoms with Crippen molar-refractivity contribution in [3.05, 3.63) is 23.2 Å². The molecule has 3 unspecified atom stereocenters. The van der Waals surface area contributed by atoms with Gasteiger partial charge in [-0.2, -0.15) is 0 Å². The quantitative estimate of drug-likeness (QED) is 0.285. The van der Waals surface area contributed by atoms with Crippen LogP contribution in [0.15, 0.2) is 18.2 Å². The van der Waals surface area contributed by atoms with Crippen LogP contribution >= 0.6 is 22.9 Å². The molecule has 1 aromatic carbocycles. The van der Waals surface area contributed by atoms with E-state index >= 15 is 4.39 Å². The Hall–Kier alpha value is -2.01. The summed E-state index contributed by atoms with van der Waals surface area (Å²) in [5.41, 5.74) is -0.533. The SMILES string of the molecule is COCOc1cc(Cl)ccc1-c1nnc(N(C)[C@@H]2CC3N4C(CCC[C@]34C(=O)OC(C)(C)C)[C@@H]2F)s1. The van der Waals surface area contributed by atoms with Gasteiger partial charge in [0.05, 0.1) is 11.6 Å². The zero-order chi connectivity index (χ0) is 25.8. The lowest BCUT2D eigenvalue weighted by atomic mass is 9.92. The molecule has 4 heterocycles. The number of methoxy groups -OCH3 is 1. The number of alkyl halides is 1. The second-order valence-electron chi connectivity index (χ2n) is 10.7. The molecular formula is C25H32ClFN4O4S. The fourth-order valence-corrected chi connectivity index (χ4v) is 6.86. The Morgan fingerprint density at radius 1 is 1.36 bits per heavy atom. The van der Waals surface area contributed by atoms with Gasteiger partial charge in [-0.05, 0) is 64.7 Å². The van der Waals surface area contributed by atoms with Crippen LogP contribution in [0, 0.1) is 0 Å². The molecule has 0 saturated carbocycles. The van der Waals surface area contributed by atoms with Crippen LogP contribution in [-0.2, 0) is 14.3 Å². The van der Waals surface area contributed by atoms with Gasteiger partial charge in [0.2, 0.25) is 5.13 Å². The Morgan fingerprint density at radius 2 is 2.14 bits per heavy atom. The van der Waals surface area contributed by atoms with Crippen LogP contribution in [0.25, 0.3) is 10.6 Å². The summed E-state index contributed by atoms with van der Waals surface area (Å²) < 4.78 is 32.4. The molecule has 3 saturated heterocycles. The maximum atomic E-state index is 16.0. The van der Waals surface area contributed by atoms with E-state index in [1.165, 1.54) is 11.3 Å². The Kier molecular flexibility index (Phi) is 6.68. The van der Waals surface area contributed by atoms with E-state index in [-0.39, 0.29) is 24.8 Å². The largest absolute Gasteiger partial charge is 0.467 e. The van der Waals surface area contributed by atoms with E-state index in [4.69, 9.17) is 25.8 Å². The van der Waals surface area contributed by atoms with Crippen molar-refractivity contribution in [2.24, 2.45) is 0 Å². The normalized spacial score (nSPS) is 30.9. The van der Waals surface area contributed by atoms with Crippen LogP contribution in [0.1, 0.15) is 46.5 Å². The number of carbonyl (C=O) groups excluding carboxylic acids is 1. The number of benzene rings is 1. The predicted octanol–water partition coefficient (Wildman–Crippen LogP) is 4.71. The van der Waals surface area contributed by atoms with Crippen LogP contribution < -0.4 is 9.64 Å². The highest BCUT2D eigenvalue weighted by atomic mass is 35.5. The number of ether oxygens (including phenoxy) is 3. The number of hydrogen-bond donors (Lipinski definition) is 0. The lowest BCUT2D eigenvalue weighted by Gasteiger charge is -2.39. The average molecular weight is 539 g/mol. The zero-order valence-electron chi connectivity index (χ0n) is 21.2. The number of anilines is 1. The fraction of sp³-hybridized carbons (Fsp3) is 0.640. The number of halogens is 2. The highest BCUT2D eigenvalue weighted by Gasteiger charge is 2.75. The molecule has 3 fully saturated rings. The number of nitrogens with zero attached hydrogens (tertiary/aromatic N) is 4. The Bertz CT molecular complexity index is 1140. The smallest absolute Gasteiger partial charge is 0.328 e. The molecule has 6 atom stereocenters. The van der Waals surface area contributed by atoms with Crippen molar-refractivity contribution in [1.29, 1.82) is 0 Å². The molecule has 0 amide bonds. The summed E-state index contributed by atoms with van der Waals surface area (Å²) in [5, 5.41) is 10.5. The first-order valence-corrected chi connectivity index (χ1v) is 13.4. The fourth-order valence-electron chi connectivity index (χ4n) is 5.80. The van der Waals surface area contributed by atoms with Gasteiger partial charge in [-0.1, -0.05) is 22.9 Å². The Morgan fingerprint density at radius 3 is 2.86 bits per heavy atom. The first kappa shape index (κ1) is 25.6. The van der Waals surface area contributed by atoms with E-state index in [1.807, 2.05) is 38.8 Å². The standard InChI is InChI=1S/C25H32ClFN4O4S/c1-24(2,3)35-22(32)25-10-6-7-16-20(27)17(12-19(25)31(16)25)30(4)23-29-28-21(36-23)15-9-8-14(26)11-18(15)34-13-33-5/h8-9,11,16-17,19-20H,6-7,10,12-13H2,1-5H3/t16?,17-,19?,20+,25-,31?/m1/s1. The van der Waals surface area contributed by atoms with Gasteiger partial charge < -0.3 is 19.1 Å². The summed E-state index contributed by atoms with van der Waals surface area (Å²) in [4.78, 5) is 17.2. The van der Waals surface area contributed by atoms with Crippen molar-refractivity contribution in [3.8, 4) is 16.3 Å². The molecule has 1 aromatic heterocycles. The first-order chi connectivity index (χ1) is 17.1. The molecule has 0 radical (unpaired) electrons. The van der Waals surface area contributed by atoms with Crippen LogP contribution in [0.4, 0.5) is 9.52 Å². The summed E-state index contributed by atoms with van der Waals surface area (Å²) >= 11 is 7.51. The van der Waals surface area contributed by atoms with Crippen LogP contribution in [0.5, 0.6) is 5.75 Å². The molecule has 2 aromatic rings. The summed E-state index contributed by atoms with van der Waals surface area (Å²) in [7, 11) is 3.40. The minimum atomic E-state index is -1.11. The molecule has 0 spiro atoms. The number of fused-ring (bicyclic) bond motifs is 1. The van der Waals surface area contributed by atoms with Crippen molar-refractivity contribution < 1.29 is 23.4 Å². The summed E-state index contributed by atoms with van der Waals surface area (Å²) in [6.45, 7) is 5.69. The number of rotatable bonds is 7. The number of hydrogen-bond acceptors (Lipinski definition) is 9. The van der Waals surface area contributed by atoms with Crippen molar-refractivity contribution in [2.75, 3.05) is 25.9 Å². The number of esters is 1. The zero-order valence-corrected chi connectivity index (χ0v) is 22.7. The predicted molar refractivity (Wildman–Crippen MR) is 136 cm³/mol. The third-order valence-electron chi connectivity index (χ3n) is 7.37. The molecule has 0 N–H and O–H groups in total. The van der Waals surface area contributed by atoms with E-state index in [2.05, 4.69) is 15.1 Å². The molecule has 36 heavy (non-hydrogen) atoms. The molecule has 8 nitrogen and oxygen atoms in total. The van der Waals surface area contributed by atoms with E-state index in [9.17, 15) is 4.79 Å². The van der Waals surface area contributed by atoms with Crippen molar-refractivity contribution in [2.45, 2.75) is 81.9 Å². The van der Waals surface area contributed by atoms with Gasteiger partial charge in [-0.3, -0.25) is 4.90 Å². The van der Waals surface area contributed by atoms with Gasteiger partial charge in [0.15, 0.2) is 11.8 Å². The second kappa shape index (κ2) is 9.38. The maximum Gasteiger partial charge on any atom is 0.328 e. The van der Waals surface area contributed by atoms with Gasteiger partial charge in [0, 0.05) is 31.3 Å². The minimum Gasteiger partial charge on any atom is -0.467 e. The van der Waals surface area contributed by atoms with Gasteiger partial charge in [-0.25, -0.2) is 9.18 Å². The van der Waals surface area contributed by atoms with Gasteiger partial charge in [-0.15, -0.1) is 10.2 Å². The van der Waals surface area contributed by atoms with Crippen LogP contribution in [-0.4, -0.2) is 77.5 Å². The minimum absolute atomic E-state index is 0.0167. The number of piperidine rings is 2. The van der Waals surface area contributed by atoms with Crippen LogP contribution in [0.2, 0.25) is 5.02 Å². The maximum absolute atomic E-state index is 16.0. The topological polar surface area (TPSA) is 76.8 Å². The molecule has 3 aliphatic heterocycles. The third-order valence-corrected chi connectivity index (χ3v) is 8.65. The first-order valence-electron chi connectivity index (χ1n) is 12.2. The summed E-state index contributed by atoms with van der Waals surface area (Å²) in [6.07, 6.45) is 1.69. The lowest BCUT2D eigenvalue weighted by molar-refractivity contribution is -0.161. The lowest BCUT2D eigenvalue weighted by Crippen LogP contribution is -2.53. The highest BCUT2D eigenvalue weighted by Crippen LogP contribution is 2.59. The van der Waals surface area contributed by atoms with E-state index in [1.54, 1.807) is 19.2 Å². The van der Waals surface area contributed by atoms with E-state index < -0.39 is 23.4 Å². The van der Waals surface area contributed by atoms with E-state index in [0.717, 1.165) is 24.8 Å². The number of carbonyl (C=O) groups is 1. The molecule has 11 heteroatoms. The Balaban J connectivity index is 1.37. The Labute approximate surface area is 219 Å². The average Bonchev–Trinajstić information content (AvgIpc) is 3.23. The molecule has 0 bridgehead atoms. The summed E-state index contributed by atoms with van der Waals surface area (Å²) in [6, 6.07) is 4.57. The van der Waals surface area contributed by atoms with Gasteiger partial charge >= 0.3 is 5.97 Å². The molecule has 0 aliphatic carbocycles. The summed E-state index contributed by atoms with van der Waals surface area (Å²) in [5.74, 6) is 0.321. The van der Waals surface area contributed by atoms with Gasteiger partial charge in [0.25, 0.3) is 0 Å². The molecule has 5 rings (SSSR count). The van der Waals surface area contributed by atoms with Crippen molar-refractivity contribution in [3.63, 3.8) is 0 Å². The van der Waals surface area contributed by atoms with Crippen molar-refractivity contribution >= 4 is 34.0 Å². The van der Waals surface area contributed by atoms with Crippen molar-refractivity contribution in [1.82, 2.24) is 15.1 Å². The highest BCUT2D eigenvalue weighted by molar-refractivity contribution is 7.18. The third kappa shape index (κ3) is 4.36. The monoisotopic (exact) mass is 538 g/mol.